The number of nitrogens with one attached hydrogen (secondary N) is 2. The second-order valence-electron chi connectivity index (χ2n) is 4.77. The molecule has 114 valence electrons. The fraction of sp³-hybridized carbons (Fsp3) is 0.467. The molecule has 1 aromatic heterocycles. The van der Waals surface area contributed by atoms with E-state index >= 15 is 0 Å². The van der Waals surface area contributed by atoms with Gasteiger partial charge in [-0.15, -0.1) is 11.8 Å². The largest absolute Gasteiger partial charge is 0.480 e. The van der Waals surface area contributed by atoms with Crippen LogP contribution in [0.1, 0.15) is 37.7 Å². The minimum atomic E-state index is 0.0566. The van der Waals surface area contributed by atoms with E-state index in [9.17, 15) is 0 Å². The van der Waals surface area contributed by atoms with Gasteiger partial charge in [0.15, 0.2) is 4.77 Å². The van der Waals surface area contributed by atoms with Crippen LogP contribution >= 0.6 is 24.0 Å². The first kappa shape index (κ1) is 16.1. The molecule has 1 heterocycles. The lowest BCUT2D eigenvalue weighted by atomic mass is 10.1. The second kappa shape index (κ2) is 7.66. The quantitative estimate of drug-likeness (QED) is 0.591. The number of hydrogen-bond donors (Lipinski definition) is 2. The number of H-pyrrole nitrogens is 2. The van der Waals surface area contributed by atoms with Gasteiger partial charge in [-0.2, -0.15) is 5.10 Å². The molecule has 1 atom stereocenters. The number of hydrogen-bond acceptors (Lipinski definition) is 4. The average molecular weight is 323 g/mol. The molecule has 0 amide bonds. The van der Waals surface area contributed by atoms with E-state index < -0.39 is 0 Å². The lowest BCUT2D eigenvalue weighted by molar-refractivity contribution is 0.304. The van der Waals surface area contributed by atoms with Crippen LogP contribution in [0.4, 0.5) is 0 Å². The van der Waals surface area contributed by atoms with Crippen LogP contribution < -0.4 is 4.74 Å². The maximum Gasteiger partial charge on any atom is 0.192 e. The number of aromatic nitrogens is 3. The minimum Gasteiger partial charge on any atom is -0.480 e. The number of ether oxygens (including phenoxy) is 1. The van der Waals surface area contributed by atoms with Gasteiger partial charge in [-0.1, -0.05) is 26.0 Å². The molecule has 0 aliphatic rings. The van der Waals surface area contributed by atoms with Crippen molar-refractivity contribution in [2.45, 2.75) is 44.8 Å². The molecule has 21 heavy (non-hydrogen) atoms. The van der Waals surface area contributed by atoms with Crippen molar-refractivity contribution in [1.82, 2.24) is 15.2 Å². The van der Waals surface area contributed by atoms with Crippen molar-refractivity contribution >= 4 is 24.0 Å². The zero-order valence-corrected chi connectivity index (χ0v) is 14.2. The van der Waals surface area contributed by atoms with Crippen LogP contribution in [0.3, 0.4) is 0 Å². The monoisotopic (exact) mass is 323 g/mol. The van der Waals surface area contributed by atoms with Crippen molar-refractivity contribution in [3.8, 4) is 5.75 Å². The molecule has 6 heteroatoms. The molecule has 2 rings (SSSR count). The van der Waals surface area contributed by atoms with Crippen LogP contribution in [0.15, 0.2) is 18.2 Å². The molecule has 0 bridgehead atoms. The van der Waals surface area contributed by atoms with Crippen molar-refractivity contribution in [2.24, 2.45) is 0 Å². The molecule has 0 spiro atoms. The van der Waals surface area contributed by atoms with E-state index in [1.54, 1.807) is 11.8 Å². The van der Waals surface area contributed by atoms with Crippen LogP contribution in [0, 0.1) is 4.77 Å². The van der Waals surface area contributed by atoms with E-state index in [0.29, 0.717) is 4.77 Å². The van der Waals surface area contributed by atoms with Gasteiger partial charge in [-0.25, -0.2) is 0 Å². The summed E-state index contributed by atoms with van der Waals surface area (Å²) in [7, 11) is 0. The molecule has 2 aromatic rings. The molecular formula is C15H21N3OS2. The topological polar surface area (TPSA) is 53.7 Å². The predicted octanol–water partition coefficient (Wildman–Crippen LogP) is 4.25. The Balaban J connectivity index is 1.98. The standard InChI is InChI=1S/C15H21N3OS2/c1-4-11-6-7-12(5-2)13(8-11)19-10(3)21-9-14-16-15(20)18-17-14/h6-8,10H,4-5,9H2,1-3H3,(H2,16,17,18,20). The smallest absolute Gasteiger partial charge is 0.192 e. The summed E-state index contributed by atoms with van der Waals surface area (Å²) in [6.45, 7) is 6.36. The lowest BCUT2D eigenvalue weighted by Gasteiger charge is -2.17. The second-order valence-corrected chi connectivity index (χ2v) is 6.46. The third-order valence-electron chi connectivity index (χ3n) is 3.22. The van der Waals surface area contributed by atoms with E-state index in [2.05, 4.69) is 54.2 Å². The highest BCUT2D eigenvalue weighted by Gasteiger charge is 2.10. The molecule has 2 N–H and O–H groups in total. The first-order valence-corrected chi connectivity index (χ1v) is 8.61. The van der Waals surface area contributed by atoms with Crippen LogP contribution in [-0.2, 0) is 18.6 Å². The Labute approximate surface area is 134 Å². The third kappa shape index (κ3) is 4.61. The van der Waals surface area contributed by atoms with E-state index in [4.69, 9.17) is 17.0 Å². The van der Waals surface area contributed by atoms with Crippen molar-refractivity contribution in [1.29, 1.82) is 0 Å². The molecule has 0 radical (unpaired) electrons. The zero-order valence-electron chi connectivity index (χ0n) is 12.6. The number of thioether (sulfide) groups is 1. The maximum absolute atomic E-state index is 6.09. The number of nitrogens with zero attached hydrogens (tertiary/aromatic N) is 1. The molecular weight excluding hydrogens is 302 g/mol. The molecule has 4 nitrogen and oxygen atoms in total. The Morgan fingerprint density at radius 3 is 2.76 bits per heavy atom. The molecule has 0 saturated heterocycles. The number of benzene rings is 1. The van der Waals surface area contributed by atoms with Gasteiger partial charge in [0.05, 0.1) is 5.75 Å². The summed E-state index contributed by atoms with van der Waals surface area (Å²) in [5, 5.41) is 6.83. The Hall–Kier alpha value is -1.27. The van der Waals surface area contributed by atoms with E-state index in [1.807, 2.05) is 0 Å². The van der Waals surface area contributed by atoms with Crippen LogP contribution in [-0.4, -0.2) is 20.6 Å². The van der Waals surface area contributed by atoms with Gasteiger partial charge < -0.3 is 9.72 Å². The summed E-state index contributed by atoms with van der Waals surface area (Å²) in [5.41, 5.74) is 2.61. The Morgan fingerprint density at radius 1 is 1.33 bits per heavy atom. The van der Waals surface area contributed by atoms with E-state index in [0.717, 1.165) is 30.2 Å². The van der Waals surface area contributed by atoms with E-state index in [1.165, 1.54) is 11.1 Å². The number of rotatable bonds is 7. The Morgan fingerprint density at radius 2 is 2.14 bits per heavy atom. The highest BCUT2D eigenvalue weighted by Crippen LogP contribution is 2.26. The fourth-order valence-corrected chi connectivity index (χ4v) is 2.87. The van der Waals surface area contributed by atoms with Gasteiger partial charge in [-0.05, 0) is 49.2 Å². The SMILES string of the molecule is CCc1ccc(CC)c(OC(C)SCc2n[nH]c(=S)[nH]2)c1. The highest BCUT2D eigenvalue weighted by molar-refractivity contribution is 7.98. The molecule has 0 aliphatic heterocycles. The summed E-state index contributed by atoms with van der Waals surface area (Å²) in [6.07, 6.45) is 1.99. The van der Waals surface area contributed by atoms with Crippen LogP contribution in [0.25, 0.3) is 0 Å². The number of aryl methyl sites for hydroxylation is 2. The van der Waals surface area contributed by atoms with Gasteiger partial charge >= 0.3 is 0 Å². The number of aromatic amines is 2. The Kier molecular flexibility index (Phi) is 5.87. The van der Waals surface area contributed by atoms with Crippen molar-refractivity contribution < 1.29 is 4.74 Å². The van der Waals surface area contributed by atoms with Crippen LogP contribution in [0.2, 0.25) is 0 Å². The molecule has 0 fully saturated rings. The fourth-order valence-electron chi connectivity index (χ4n) is 2.00. The molecule has 0 saturated carbocycles. The van der Waals surface area contributed by atoms with Crippen molar-refractivity contribution in [3.05, 3.63) is 39.9 Å². The summed E-state index contributed by atoms with van der Waals surface area (Å²) < 4.78 is 6.65. The predicted molar refractivity (Wildman–Crippen MR) is 90.4 cm³/mol. The summed E-state index contributed by atoms with van der Waals surface area (Å²) >= 11 is 6.65. The van der Waals surface area contributed by atoms with Crippen molar-refractivity contribution in [2.75, 3.05) is 0 Å². The minimum absolute atomic E-state index is 0.0566. The lowest BCUT2D eigenvalue weighted by Crippen LogP contribution is -2.09. The van der Waals surface area contributed by atoms with Gasteiger partial charge in [0.1, 0.15) is 17.0 Å². The maximum atomic E-state index is 6.09. The average Bonchev–Trinajstić information content (AvgIpc) is 2.90. The van der Waals surface area contributed by atoms with Gasteiger partial charge in [0.25, 0.3) is 0 Å². The zero-order chi connectivity index (χ0) is 15.2. The van der Waals surface area contributed by atoms with Crippen LogP contribution in [0.5, 0.6) is 5.75 Å². The third-order valence-corrected chi connectivity index (χ3v) is 4.42. The molecule has 1 unspecified atom stereocenters. The normalized spacial score (nSPS) is 12.3. The van der Waals surface area contributed by atoms with E-state index in [-0.39, 0.29) is 5.44 Å². The highest BCUT2D eigenvalue weighted by atomic mass is 32.2. The first-order valence-electron chi connectivity index (χ1n) is 7.16. The summed E-state index contributed by atoms with van der Waals surface area (Å²) in [5.74, 6) is 2.58. The summed E-state index contributed by atoms with van der Waals surface area (Å²) in [4.78, 5) is 3.01. The molecule has 0 aliphatic carbocycles. The van der Waals surface area contributed by atoms with Gasteiger partial charge in [0, 0.05) is 0 Å². The van der Waals surface area contributed by atoms with Crippen molar-refractivity contribution in [3.63, 3.8) is 0 Å². The summed E-state index contributed by atoms with van der Waals surface area (Å²) in [6, 6.07) is 6.49. The molecule has 1 aromatic carbocycles. The van der Waals surface area contributed by atoms with Gasteiger partial charge in [-0.3, -0.25) is 5.10 Å². The van der Waals surface area contributed by atoms with Gasteiger partial charge in [0.2, 0.25) is 0 Å². The Bertz CT molecular complexity index is 636. The first-order chi connectivity index (χ1) is 10.1.